The van der Waals surface area contributed by atoms with Gasteiger partial charge in [-0.25, -0.2) is 0 Å². The highest BCUT2D eigenvalue weighted by Gasteiger charge is 2.25. The van der Waals surface area contributed by atoms with Gasteiger partial charge in [-0.3, -0.25) is 0 Å². The van der Waals surface area contributed by atoms with Gasteiger partial charge in [-0.1, -0.05) is 13.8 Å². The van der Waals surface area contributed by atoms with Gasteiger partial charge in [0, 0.05) is 25.4 Å². The van der Waals surface area contributed by atoms with Crippen molar-refractivity contribution in [3.05, 3.63) is 0 Å². The summed E-state index contributed by atoms with van der Waals surface area (Å²) >= 11 is 1.48. The van der Waals surface area contributed by atoms with Crippen LogP contribution in [0, 0.1) is 0 Å². The van der Waals surface area contributed by atoms with E-state index in [1.807, 2.05) is 6.26 Å². The van der Waals surface area contributed by atoms with Gasteiger partial charge < -0.3 is 5.11 Å². The summed E-state index contributed by atoms with van der Waals surface area (Å²) in [5, 5.41) is 9.84. The molecule has 0 amide bonds. The lowest BCUT2D eigenvalue weighted by molar-refractivity contribution is 0.0903. The van der Waals surface area contributed by atoms with E-state index in [1.54, 1.807) is 20.8 Å². The predicted octanol–water partition coefficient (Wildman–Crippen LogP) is 0.277. The molecule has 0 bridgehead atoms. The van der Waals surface area contributed by atoms with Gasteiger partial charge in [-0.15, -0.1) is 0 Å². The molecule has 1 unspecified atom stereocenters. The number of nitrogens with one attached hydrogen (secondary N) is 1. The van der Waals surface area contributed by atoms with Gasteiger partial charge in [0.05, 0.1) is 5.60 Å². The highest BCUT2D eigenvalue weighted by atomic mass is 32.2. The zero-order chi connectivity index (χ0) is 12.8. The third-order valence-electron chi connectivity index (χ3n) is 2.14. The molecule has 1 atom stereocenters. The van der Waals surface area contributed by atoms with Crippen LogP contribution in [0.15, 0.2) is 0 Å². The molecule has 16 heavy (non-hydrogen) atoms. The number of thioether (sulfide) groups is 1. The van der Waals surface area contributed by atoms with Crippen LogP contribution in [0.25, 0.3) is 0 Å². The van der Waals surface area contributed by atoms with E-state index >= 15 is 0 Å². The minimum atomic E-state index is -3.46. The average Bonchev–Trinajstić information content (AvgIpc) is 2.17. The molecule has 0 aromatic rings. The standard InChI is InChI=1S/C9H22N2O3S2/c1-5-11(6-2)16(13,14)10-7-9(3,12)8-15-4/h10,12H,5-8H2,1-4H3. The van der Waals surface area contributed by atoms with E-state index in [1.165, 1.54) is 16.1 Å². The molecule has 0 aliphatic carbocycles. The molecule has 0 aliphatic rings. The van der Waals surface area contributed by atoms with Gasteiger partial charge in [0.2, 0.25) is 0 Å². The van der Waals surface area contributed by atoms with Crippen LogP contribution in [0.2, 0.25) is 0 Å². The zero-order valence-electron chi connectivity index (χ0n) is 10.4. The maximum absolute atomic E-state index is 11.7. The summed E-state index contributed by atoms with van der Waals surface area (Å²) in [5.74, 6) is 0.494. The SMILES string of the molecule is CCN(CC)S(=O)(=O)NCC(C)(O)CSC. The van der Waals surface area contributed by atoms with Crippen molar-refractivity contribution in [2.75, 3.05) is 31.6 Å². The second-order valence-electron chi connectivity index (χ2n) is 3.84. The first-order valence-corrected chi connectivity index (χ1v) is 8.08. The van der Waals surface area contributed by atoms with Crippen molar-refractivity contribution in [2.24, 2.45) is 0 Å². The summed E-state index contributed by atoms with van der Waals surface area (Å²) in [5.41, 5.74) is -1.01. The molecule has 0 spiro atoms. The number of hydrogen-bond acceptors (Lipinski definition) is 4. The molecule has 0 aromatic heterocycles. The van der Waals surface area contributed by atoms with Crippen LogP contribution in [-0.2, 0) is 10.2 Å². The van der Waals surface area contributed by atoms with Crippen molar-refractivity contribution in [3.63, 3.8) is 0 Å². The van der Waals surface area contributed by atoms with Gasteiger partial charge in [-0.2, -0.15) is 29.2 Å². The molecular formula is C9H22N2O3S2. The summed E-state index contributed by atoms with van der Waals surface area (Å²) in [6.45, 7) is 6.07. The molecule has 0 heterocycles. The zero-order valence-corrected chi connectivity index (χ0v) is 12.0. The Morgan fingerprint density at radius 1 is 1.38 bits per heavy atom. The van der Waals surface area contributed by atoms with E-state index < -0.39 is 15.8 Å². The second kappa shape index (κ2) is 6.80. The van der Waals surface area contributed by atoms with E-state index in [0.29, 0.717) is 18.8 Å². The van der Waals surface area contributed by atoms with E-state index in [-0.39, 0.29) is 6.54 Å². The van der Waals surface area contributed by atoms with Crippen molar-refractivity contribution < 1.29 is 13.5 Å². The minimum Gasteiger partial charge on any atom is -0.388 e. The van der Waals surface area contributed by atoms with Crippen LogP contribution in [0.1, 0.15) is 20.8 Å². The molecule has 5 nitrogen and oxygen atoms in total. The van der Waals surface area contributed by atoms with E-state index in [4.69, 9.17) is 0 Å². The first-order chi connectivity index (χ1) is 7.29. The van der Waals surface area contributed by atoms with Gasteiger partial charge in [0.1, 0.15) is 0 Å². The summed E-state index contributed by atoms with van der Waals surface area (Å²) < 4.78 is 27.2. The molecule has 0 aromatic carbocycles. The smallest absolute Gasteiger partial charge is 0.279 e. The first kappa shape index (κ1) is 16.2. The molecule has 0 rings (SSSR count). The van der Waals surface area contributed by atoms with Gasteiger partial charge >= 0.3 is 0 Å². The molecule has 0 saturated carbocycles. The first-order valence-electron chi connectivity index (χ1n) is 5.25. The van der Waals surface area contributed by atoms with E-state index in [0.717, 1.165) is 0 Å². The van der Waals surface area contributed by atoms with Crippen LogP contribution < -0.4 is 4.72 Å². The number of hydrogen-bond donors (Lipinski definition) is 2. The fourth-order valence-corrected chi connectivity index (χ4v) is 3.34. The summed E-state index contributed by atoms with van der Waals surface area (Å²) in [6, 6.07) is 0. The van der Waals surface area contributed by atoms with Gasteiger partial charge in [-0.05, 0) is 13.2 Å². The quantitative estimate of drug-likeness (QED) is 0.664. The third kappa shape index (κ3) is 5.49. The molecule has 0 radical (unpaired) electrons. The Kier molecular flexibility index (Phi) is 6.88. The Morgan fingerprint density at radius 2 is 1.88 bits per heavy atom. The number of nitrogens with zero attached hydrogens (tertiary/aromatic N) is 1. The number of rotatable bonds is 8. The Morgan fingerprint density at radius 3 is 2.25 bits per heavy atom. The Bertz CT molecular complexity index is 287. The highest BCUT2D eigenvalue weighted by molar-refractivity contribution is 7.98. The lowest BCUT2D eigenvalue weighted by atomic mass is 10.1. The molecule has 0 fully saturated rings. The molecule has 0 aliphatic heterocycles. The average molecular weight is 270 g/mol. The van der Waals surface area contributed by atoms with Crippen molar-refractivity contribution in [2.45, 2.75) is 26.4 Å². The van der Waals surface area contributed by atoms with E-state index in [9.17, 15) is 13.5 Å². The molecular weight excluding hydrogens is 248 g/mol. The summed E-state index contributed by atoms with van der Waals surface area (Å²) in [6.07, 6.45) is 1.87. The lowest BCUT2D eigenvalue weighted by Gasteiger charge is -2.25. The van der Waals surface area contributed by atoms with Crippen molar-refractivity contribution in [3.8, 4) is 0 Å². The monoisotopic (exact) mass is 270 g/mol. The summed E-state index contributed by atoms with van der Waals surface area (Å²) in [4.78, 5) is 0. The van der Waals surface area contributed by atoms with Crippen LogP contribution in [0.5, 0.6) is 0 Å². The van der Waals surface area contributed by atoms with Crippen molar-refractivity contribution >= 4 is 22.0 Å². The van der Waals surface area contributed by atoms with Crippen LogP contribution >= 0.6 is 11.8 Å². The lowest BCUT2D eigenvalue weighted by Crippen LogP contribution is -2.47. The molecule has 2 N–H and O–H groups in total. The topological polar surface area (TPSA) is 69.6 Å². The van der Waals surface area contributed by atoms with Crippen molar-refractivity contribution in [1.29, 1.82) is 0 Å². The van der Waals surface area contributed by atoms with Gasteiger partial charge in [0.15, 0.2) is 0 Å². The maximum Gasteiger partial charge on any atom is 0.279 e. The normalized spacial score (nSPS) is 16.4. The Balaban J connectivity index is 4.39. The van der Waals surface area contributed by atoms with Crippen molar-refractivity contribution in [1.82, 2.24) is 9.03 Å². The molecule has 98 valence electrons. The fraction of sp³-hybridized carbons (Fsp3) is 1.00. The third-order valence-corrected chi connectivity index (χ3v) is 4.75. The van der Waals surface area contributed by atoms with Crippen LogP contribution in [0.3, 0.4) is 0 Å². The predicted molar refractivity (Wildman–Crippen MR) is 68.8 cm³/mol. The minimum absolute atomic E-state index is 0.0344. The summed E-state index contributed by atoms with van der Waals surface area (Å²) in [7, 11) is -3.46. The largest absolute Gasteiger partial charge is 0.388 e. The van der Waals surface area contributed by atoms with Crippen LogP contribution in [-0.4, -0.2) is 55.1 Å². The Hall–Kier alpha value is 0.180. The van der Waals surface area contributed by atoms with Crippen LogP contribution in [0.4, 0.5) is 0 Å². The molecule has 0 saturated heterocycles. The number of aliphatic hydroxyl groups is 1. The Labute approximate surface area is 103 Å². The maximum atomic E-state index is 11.7. The highest BCUT2D eigenvalue weighted by Crippen LogP contribution is 2.10. The second-order valence-corrected chi connectivity index (χ2v) is 6.46. The van der Waals surface area contributed by atoms with E-state index in [2.05, 4.69) is 4.72 Å². The molecule has 7 heteroatoms. The van der Waals surface area contributed by atoms with Gasteiger partial charge in [0.25, 0.3) is 10.2 Å². The fourth-order valence-electron chi connectivity index (χ4n) is 1.26.